The number of amides is 1. The molecule has 0 saturated carbocycles. The highest BCUT2D eigenvalue weighted by Crippen LogP contribution is 2.26. The van der Waals surface area contributed by atoms with E-state index in [4.69, 9.17) is 19.9 Å². The molecule has 4 aromatic rings. The summed E-state index contributed by atoms with van der Waals surface area (Å²) in [6.45, 7) is 2.25. The van der Waals surface area contributed by atoms with Crippen LogP contribution >= 0.6 is 0 Å². The van der Waals surface area contributed by atoms with E-state index in [1.165, 1.54) is 4.90 Å². The van der Waals surface area contributed by atoms with Gasteiger partial charge in [-0.1, -0.05) is 54.5 Å². The van der Waals surface area contributed by atoms with Gasteiger partial charge in [-0.2, -0.15) is 0 Å². The number of nitrogens with one attached hydrogen (secondary N) is 1. The second-order valence-corrected chi connectivity index (χ2v) is 10.4. The molecule has 2 heterocycles. The molecule has 1 aromatic heterocycles. The summed E-state index contributed by atoms with van der Waals surface area (Å²) in [6.07, 6.45) is -0.346. The van der Waals surface area contributed by atoms with Gasteiger partial charge >= 0.3 is 17.8 Å². The smallest absolute Gasteiger partial charge is 0.439 e. The number of Topliss-reactive ketones (excluding diaryl/α,β-unsaturated/α-hetero) is 1. The molecule has 0 aliphatic carbocycles. The molecule has 0 bridgehead atoms. The molecule has 5 rings (SSSR count). The summed E-state index contributed by atoms with van der Waals surface area (Å²) in [6, 6.07) is 22.9. The number of carbonyl (C=O) groups is 3. The van der Waals surface area contributed by atoms with Crippen molar-refractivity contribution in [2.75, 3.05) is 18.1 Å². The van der Waals surface area contributed by atoms with Crippen molar-refractivity contribution >= 4 is 23.5 Å². The zero-order chi connectivity index (χ0) is 31.1. The Hall–Kier alpha value is -5.23. The van der Waals surface area contributed by atoms with Gasteiger partial charge in [0.2, 0.25) is 0 Å². The van der Waals surface area contributed by atoms with E-state index in [1.807, 2.05) is 37.3 Å². The first kappa shape index (κ1) is 30.2. The van der Waals surface area contributed by atoms with Crippen LogP contribution < -0.4 is 21.1 Å². The van der Waals surface area contributed by atoms with Crippen LogP contribution in [0.2, 0.25) is 0 Å². The van der Waals surface area contributed by atoms with Crippen LogP contribution in [-0.2, 0) is 32.1 Å². The second-order valence-electron chi connectivity index (χ2n) is 10.4. The van der Waals surface area contributed by atoms with E-state index in [1.54, 1.807) is 48.5 Å². The number of nitrogens with zero attached hydrogens (tertiary/aromatic N) is 2. The van der Waals surface area contributed by atoms with Gasteiger partial charge in [0.1, 0.15) is 19.0 Å². The summed E-state index contributed by atoms with van der Waals surface area (Å²) in [5.41, 5.74) is 7.31. The molecule has 1 amide bonds. The van der Waals surface area contributed by atoms with Crippen molar-refractivity contribution in [1.29, 1.82) is 0 Å². The SMILES string of the molecule is CCCC(=O)C(N)(Cc1ccc(OCC2CN(c3ccc(-c4noc(=O)[nH]4)cc3)C(=O)O2)cc1)C(=O)OCc1ccccc1. The Morgan fingerprint density at radius 3 is 2.41 bits per heavy atom. The van der Waals surface area contributed by atoms with Crippen LogP contribution in [0.15, 0.2) is 88.2 Å². The fourth-order valence-corrected chi connectivity index (χ4v) is 4.77. The number of ether oxygens (including phenoxy) is 3. The van der Waals surface area contributed by atoms with Crippen molar-refractivity contribution in [3.8, 4) is 17.1 Å². The number of aromatic amines is 1. The number of aromatic nitrogens is 2. The first-order valence-electron chi connectivity index (χ1n) is 14.1. The van der Waals surface area contributed by atoms with E-state index in [9.17, 15) is 19.2 Å². The maximum atomic E-state index is 13.1. The van der Waals surface area contributed by atoms with E-state index >= 15 is 0 Å². The molecule has 44 heavy (non-hydrogen) atoms. The normalized spacial score (nSPS) is 15.8. The van der Waals surface area contributed by atoms with Gasteiger partial charge in [-0.25, -0.2) is 14.4 Å². The summed E-state index contributed by atoms with van der Waals surface area (Å²) in [5, 5.41) is 3.65. The first-order valence-corrected chi connectivity index (χ1v) is 14.1. The van der Waals surface area contributed by atoms with E-state index in [-0.39, 0.29) is 44.2 Å². The highest BCUT2D eigenvalue weighted by molar-refractivity contribution is 6.08. The number of ketones is 1. The number of H-pyrrole nitrogens is 1. The number of nitrogens with two attached hydrogens (primary N) is 1. The van der Waals surface area contributed by atoms with Crippen LogP contribution in [0, 0.1) is 0 Å². The van der Waals surface area contributed by atoms with Crippen LogP contribution in [0.3, 0.4) is 0 Å². The topological polar surface area (TPSA) is 167 Å². The zero-order valence-corrected chi connectivity index (χ0v) is 24.1. The largest absolute Gasteiger partial charge is 0.490 e. The minimum absolute atomic E-state index is 0.0180. The predicted octanol–water partition coefficient (Wildman–Crippen LogP) is 3.79. The van der Waals surface area contributed by atoms with Crippen molar-refractivity contribution in [3.63, 3.8) is 0 Å². The summed E-state index contributed by atoms with van der Waals surface area (Å²) >= 11 is 0. The fourth-order valence-electron chi connectivity index (χ4n) is 4.77. The number of benzene rings is 3. The molecule has 0 radical (unpaired) electrons. The van der Waals surface area contributed by atoms with Gasteiger partial charge in [-0.15, -0.1) is 0 Å². The van der Waals surface area contributed by atoms with Crippen molar-refractivity contribution in [2.45, 2.75) is 44.4 Å². The van der Waals surface area contributed by atoms with E-state index < -0.39 is 29.5 Å². The average molecular weight is 601 g/mol. The molecular formula is C32H32N4O8. The molecular weight excluding hydrogens is 568 g/mol. The number of cyclic esters (lactones) is 1. The van der Waals surface area contributed by atoms with Crippen LogP contribution in [0.1, 0.15) is 30.9 Å². The van der Waals surface area contributed by atoms with Crippen LogP contribution in [-0.4, -0.2) is 52.8 Å². The third kappa shape index (κ3) is 7.04. The summed E-state index contributed by atoms with van der Waals surface area (Å²) in [4.78, 5) is 53.7. The summed E-state index contributed by atoms with van der Waals surface area (Å²) < 4.78 is 21.3. The summed E-state index contributed by atoms with van der Waals surface area (Å²) in [5.74, 6) is -0.999. The third-order valence-corrected chi connectivity index (χ3v) is 7.16. The third-order valence-electron chi connectivity index (χ3n) is 7.16. The van der Waals surface area contributed by atoms with Crippen molar-refractivity contribution in [1.82, 2.24) is 10.1 Å². The minimum Gasteiger partial charge on any atom is -0.490 e. The minimum atomic E-state index is -1.82. The molecule has 1 fully saturated rings. The van der Waals surface area contributed by atoms with E-state index in [0.29, 0.717) is 29.0 Å². The van der Waals surface area contributed by atoms with Crippen LogP contribution in [0.5, 0.6) is 5.75 Å². The van der Waals surface area contributed by atoms with Gasteiger partial charge in [0.05, 0.1) is 6.54 Å². The second kappa shape index (κ2) is 13.4. The molecule has 3 N–H and O–H groups in total. The number of hydrogen-bond donors (Lipinski definition) is 2. The standard InChI is InChI=1S/C32H32N4O8/c1-2-6-27(37)32(33,29(38)42-19-22-7-4-3-5-8-22)17-21-9-15-25(16-10-21)41-20-26-18-36(31(40)43-26)24-13-11-23(12-14-24)28-34-30(39)44-35-28/h3-5,7-16,26H,2,6,17-20,33H2,1H3,(H,34,35,39). The lowest BCUT2D eigenvalue weighted by molar-refractivity contribution is -0.155. The van der Waals surface area contributed by atoms with Gasteiger partial charge in [0.15, 0.2) is 23.3 Å². The van der Waals surface area contributed by atoms with Gasteiger partial charge in [-0.05, 0) is 53.9 Å². The van der Waals surface area contributed by atoms with E-state index in [2.05, 4.69) is 14.7 Å². The van der Waals surface area contributed by atoms with E-state index in [0.717, 1.165) is 5.56 Å². The van der Waals surface area contributed by atoms with Gasteiger partial charge in [-0.3, -0.25) is 19.2 Å². The molecule has 228 valence electrons. The highest BCUT2D eigenvalue weighted by Gasteiger charge is 2.43. The maximum absolute atomic E-state index is 13.1. The maximum Gasteiger partial charge on any atom is 0.439 e. The Morgan fingerprint density at radius 2 is 1.75 bits per heavy atom. The highest BCUT2D eigenvalue weighted by atomic mass is 16.6. The first-order chi connectivity index (χ1) is 21.2. The number of rotatable bonds is 13. The van der Waals surface area contributed by atoms with Crippen molar-refractivity contribution < 1.29 is 33.1 Å². The molecule has 12 heteroatoms. The quantitative estimate of drug-likeness (QED) is 0.170. The van der Waals surface area contributed by atoms with Gasteiger partial charge in [0.25, 0.3) is 0 Å². The molecule has 1 aliphatic rings. The Kier molecular flexibility index (Phi) is 9.20. The number of carbonyl (C=O) groups excluding carboxylic acids is 3. The monoisotopic (exact) mass is 600 g/mol. The summed E-state index contributed by atoms with van der Waals surface area (Å²) in [7, 11) is 0. The molecule has 1 saturated heterocycles. The van der Waals surface area contributed by atoms with Gasteiger partial charge in [0, 0.05) is 24.1 Å². The zero-order valence-electron chi connectivity index (χ0n) is 24.1. The lowest BCUT2D eigenvalue weighted by Crippen LogP contribution is -2.57. The Balaban J connectivity index is 1.16. The van der Waals surface area contributed by atoms with Gasteiger partial charge < -0.3 is 19.9 Å². The Labute approximate surface area is 252 Å². The van der Waals surface area contributed by atoms with Crippen LogP contribution in [0.25, 0.3) is 11.4 Å². The fraction of sp³-hybridized carbons (Fsp3) is 0.281. The number of anilines is 1. The number of hydrogen-bond acceptors (Lipinski definition) is 10. The molecule has 2 unspecified atom stereocenters. The molecule has 12 nitrogen and oxygen atoms in total. The molecule has 3 aromatic carbocycles. The Bertz CT molecular complexity index is 1650. The van der Waals surface area contributed by atoms with Crippen molar-refractivity contribution in [3.05, 3.63) is 101 Å². The lowest BCUT2D eigenvalue weighted by atomic mass is 9.85. The predicted molar refractivity (Wildman–Crippen MR) is 159 cm³/mol. The Morgan fingerprint density at radius 1 is 1.02 bits per heavy atom. The molecule has 1 aliphatic heterocycles. The van der Waals surface area contributed by atoms with Crippen LogP contribution in [0.4, 0.5) is 10.5 Å². The number of esters is 1. The molecule has 0 spiro atoms. The lowest BCUT2D eigenvalue weighted by Gasteiger charge is -2.26. The van der Waals surface area contributed by atoms with Crippen molar-refractivity contribution in [2.24, 2.45) is 5.73 Å². The average Bonchev–Trinajstić information content (AvgIpc) is 3.65. The molecule has 2 atom stereocenters.